The molecule has 0 bridgehead atoms. The zero-order valence-electron chi connectivity index (χ0n) is 13.8. The molecule has 6 heteroatoms. The Balaban J connectivity index is 1.45. The largest absolute Gasteiger partial charge is 0.338 e. The van der Waals surface area contributed by atoms with Gasteiger partial charge < -0.3 is 10.2 Å². The van der Waals surface area contributed by atoms with Gasteiger partial charge in [-0.25, -0.2) is 4.79 Å². The van der Waals surface area contributed by atoms with Crippen molar-refractivity contribution >= 4 is 17.4 Å². The molecule has 23 heavy (non-hydrogen) atoms. The lowest BCUT2D eigenvalue weighted by Crippen LogP contribution is -2.41. The lowest BCUT2D eigenvalue weighted by molar-refractivity contribution is 0.192. The number of aromatic nitrogens is 2. The van der Waals surface area contributed by atoms with Gasteiger partial charge in [-0.05, 0) is 50.6 Å². The van der Waals surface area contributed by atoms with E-state index in [2.05, 4.69) is 34.9 Å². The first-order valence-electron chi connectivity index (χ1n) is 8.21. The summed E-state index contributed by atoms with van der Waals surface area (Å²) in [6, 6.07) is 6.70. The summed E-state index contributed by atoms with van der Waals surface area (Å²) in [5, 5.41) is 9.57. The number of hydrogen-bond donors (Lipinski definition) is 1. The molecule has 1 fully saturated rings. The van der Waals surface area contributed by atoms with Crippen molar-refractivity contribution in [3.8, 4) is 0 Å². The number of aryl methyl sites for hydroxylation is 3. The molecule has 2 aromatic heterocycles. The van der Waals surface area contributed by atoms with Crippen molar-refractivity contribution in [2.24, 2.45) is 0 Å². The van der Waals surface area contributed by atoms with Crippen LogP contribution in [-0.2, 0) is 13.1 Å². The van der Waals surface area contributed by atoms with Gasteiger partial charge in [0.05, 0.1) is 12.2 Å². The lowest BCUT2D eigenvalue weighted by atomic mass is 10.3. The molecule has 0 saturated heterocycles. The fraction of sp³-hybridized carbons (Fsp3) is 0.529. The smallest absolute Gasteiger partial charge is 0.317 e. The van der Waals surface area contributed by atoms with Gasteiger partial charge in [0.15, 0.2) is 0 Å². The second-order valence-electron chi connectivity index (χ2n) is 6.17. The van der Waals surface area contributed by atoms with Crippen molar-refractivity contribution in [2.45, 2.75) is 52.2 Å². The van der Waals surface area contributed by atoms with E-state index in [0.29, 0.717) is 12.6 Å². The Labute approximate surface area is 141 Å². The summed E-state index contributed by atoms with van der Waals surface area (Å²) in [4.78, 5) is 15.7. The number of nitrogens with one attached hydrogen (secondary N) is 1. The average molecular weight is 332 g/mol. The summed E-state index contributed by atoms with van der Waals surface area (Å²) < 4.78 is 2.01. The second kappa shape index (κ2) is 7.17. The molecule has 0 spiro atoms. The van der Waals surface area contributed by atoms with E-state index in [-0.39, 0.29) is 6.03 Å². The second-order valence-corrected chi connectivity index (χ2v) is 7.21. The molecule has 1 aliphatic carbocycles. The van der Waals surface area contributed by atoms with E-state index in [9.17, 15) is 4.79 Å². The molecule has 0 atom stereocenters. The van der Waals surface area contributed by atoms with E-state index in [1.807, 2.05) is 22.6 Å². The van der Waals surface area contributed by atoms with Gasteiger partial charge in [0, 0.05) is 29.7 Å². The Morgan fingerprint density at radius 3 is 2.91 bits per heavy atom. The van der Waals surface area contributed by atoms with Gasteiger partial charge in [-0.1, -0.05) is 6.07 Å². The fourth-order valence-corrected chi connectivity index (χ4v) is 3.45. The maximum Gasteiger partial charge on any atom is 0.317 e. The fourth-order valence-electron chi connectivity index (χ4n) is 2.75. The van der Waals surface area contributed by atoms with Crippen LogP contribution in [0.15, 0.2) is 23.6 Å². The average Bonchev–Trinajstić information content (AvgIpc) is 3.13. The molecule has 3 rings (SSSR count). The Morgan fingerprint density at radius 2 is 2.30 bits per heavy atom. The molecule has 5 nitrogen and oxygen atoms in total. The highest BCUT2D eigenvalue weighted by atomic mass is 32.1. The van der Waals surface area contributed by atoms with Crippen molar-refractivity contribution in [1.82, 2.24) is 20.0 Å². The van der Waals surface area contributed by atoms with Crippen LogP contribution in [0.3, 0.4) is 0 Å². The van der Waals surface area contributed by atoms with Crippen molar-refractivity contribution in [3.63, 3.8) is 0 Å². The Morgan fingerprint density at radius 1 is 1.48 bits per heavy atom. The van der Waals surface area contributed by atoms with Crippen molar-refractivity contribution < 1.29 is 4.79 Å². The third-order valence-electron chi connectivity index (χ3n) is 4.08. The first kappa shape index (κ1) is 16.1. The highest BCUT2D eigenvalue weighted by Crippen LogP contribution is 2.29. The van der Waals surface area contributed by atoms with E-state index in [1.54, 1.807) is 11.3 Å². The minimum Gasteiger partial charge on any atom is -0.338 e. The van der Waals surface area contributed by atoms with Crippen LogP contribution in [0, 0.1) is 13.8 Å². The monoisotopic (exact) mass is 332 g/mol. The van der Waals surface area contributed by atoms with Crippen LogP contribution in [0.4, 0.5) is 4.79 Å². The van der Waals surface area contributed by atoms with E-state index < -0.39 is 0 Å². The third kappa shape index (κ3) is 4.34. The quantitative estimate of drug-likeness (QED) is 0.791. The first-order valence-corrected chi connectivity index (χ1v) is 9.09. The van der Waals surface area contributed by atoms with E-state index in [1.165, 1.54) is 10.6 Å². The zero-order valence-corrected chi connectivity index (χ0v) is 14.6. The van der Waals surface area contributed by atoms with Gasteiger partial charge in [-0.2, -0.15) is 5.10 Å². The molecule has 2 heterocycles. The molecular weight excluding hydrogens is 308 g/mol. The highest BCUT2D eigenvalue weighted by molar-refractivity contribution is 7.09. The topological polar surface area (TPSA) is 50.2 Å². The summed E-state index contributed by atoms with van der Waals surface area (Å²) >= 11 is 1.71. The SMILES string of the molecule is Cc1cc(C)n(CCCNC(=O)N(Cc2cccs2)C2CC2)n1. The summed E-state index contributed by atoms with van der Waals surface area (Å²) in [6.07, 6.45) is 3.15. The maximum atomic E-state index is 12.4. The van der Waals surface area contributed by atoms with Crippen LogP contribution in [0.5, 0.6) is 0 Å². The Kier molecular flexibility index (Phi) is 5.00. The number of thiophene rings is 1. The van der Waals surface area contributed by atoms with Crippen LogP contribution in [-0.4, -0.2) is 33.3 Å². The molecule has 124 valence electrons. The van der Waals surface area contributed by atoms with Crippen molar-refractivity contribution in [3.05, 3.63) is 39.8 Å². The lowest BCUT2D eigenvalue weighted by Gasteiger charge is -2.22. The number of hydrogen-bond acceptors (Lipinski definition) is 3. The summed E-state index contributed by atoms with van der Waals surface area (Å²) in [6.45, 7) is 6.32. The van der Waals surface area contributed by atoms with E-state index >= 15 is 0 Å². The minimum atomic E-state index is 0.0641. The number of nitrogens with zero attached hydrogens (tertiary/aromatic N) is 3. The highest BCUT2D eigenvalue weighted by Gasteiger charge is 2.32. The summed E-state index contributed by atoms with van der Waals surface area (Å²) in [7, 11) is 0. The van der Waals surface area contributed by atoms with E-state index in [0.717, 1.165) is 38.0 Å². The van der Waals surface area contributed by atoms with Gasteiger partial charge in [-0.15, -0.1) is 11.3 Å². The van der Waals surface area contributed by atoms with E-state index in [4.69, 9.17) is 0 Å². The molecule has 2 aromatic rings. The molecule has 0 aliphatic heterocycles. The Hall–Kier alpha value is -1.82. The molecule has 1 aliphatic rings. The van der Waals surface area contributed by atoms with Crippen LogP contribution >= 0.6 is 11.3 Å². The number of carbonyl (C=O) groups is 1. The first-order chi connectivity index (χ1) is 11.1. The predicted octanol–water partition coefficient (Wildman–Crippen LogP) is 3.33. The molecule has 1 N–H and O–H groups in total. The molecule has 1 saturated carbocycles. The van der Waals surface area contributed by atoms with Crippen molar-refractivity contribution in [2.75, 3.05) is 6.54 Å². The predicted molar refractivity (Wildman–Crippen MR) is 92.6 cm³/mol. The van der Waals surface area contributed by atoms with Crippen LogP contribution in [0.25, 0.3) is 0 Å². The minimum absolute atomic E-state index is 0.0641. The third-order valence-corrected chi connectivity index (χ3v) is 4.94. The van der Waals surface area contributed by atoms with Gasteiger partial charge in [0.1, 0.15) is 0 Å². The van der Waals surface area contributed by atoms with Crippen LogP contribution < -0.4 is 5.32 Å². The maximum absolute atomic E-state index is 12.4. The summed E-state index contributed by atoms with van der Waals surface area (Å²) in [5.74, 6) is 0. The zero-order chi connectivity index (χ0) is 16.2. The number of carbonyl (C=O) groups excluding carboxylic acids is 1. The van der Waals surface area contributed by atoms with Gasteiger partial charge in [0.25, 0.3) is 0 Å². The molecule has 0 unspecified atom stereocenters. The molecule has 0 radical (unpaired) electrons. The number of rotatable bonds is 7. The standard InChI is InChI=1S/C17H24N4OS/c1-13-11-14(2)21(19-13)9-4-8-18-17(22)20(15-6-7-15)12-16-5-3-10-23-16/h3,5,10-11,15H,4,6-9,12H2,1-2H3,(H,18,22). The number of urea groups is 1. The van der Waals surface area contributed by atoms with Gasteiger partial charge in [0.2, 0.25) is 0 Å². The van der Waals surface area contributed by atoms with Gasteiger partial charge >= 0.3 is 6.03 Å². The van der Waals surface area contributed by atoms with Crippen LogP contribution in [0.1, 0.15) is 35.5 Å². The summed E-state index contributed by atoms with van der Waals surface area (Å²) in [5.41, 5.74) is 2.22. The van der Waals surface area contributed by atoms with Crippen molar-refractivity contribution in [1.29, 1.82) is 0 Å². The molecular formula is C17H24N4OS. The normalized spacial score (nSPS) is 14.0. The van der Waals surface area contributed by atoms with Gasteiger partial charge in [-0.3, -0.25) is 4.68 Å². The Bertz CT molecular complexity index is 646. The van der Waals surface area contributed by atoms with Crippen LogP contribution in [0.2, 0.25) is 0 Å². The molecule has 2 amide bonds. The number of amides is 2. The molecule has 0 aromatic carbocycles.